The molecule has 0 radical (unpaired) electrons. The molecule has 3 aliphatic rings. The van der Waals surface area contributed by atoms with Gasteiger partial charge in [-0.2, -0.15) is 5.10 Å². The molecule has 2 aliphatic carbocycles. The molecule has 2 heterocycles. The second kappa shape index (κ2) is 6.87. The Morgan fingerprint density at radius 1 is 1.21 bits per heavy atom. The van der Waals surface area contributed by atoms with Crippen molar-refractivity contribution in [2.75, 3.05) is 19.6 Å². The molecule has 1 saturated carbocycles. The molecule has 1 aromatic rings. The van der Waals surface area contributed by atoms with Crippen LogP contribution in [-0.4, -0.2) is 46.3 Å². The number of aromatic nitrogens is 2. The minimum Gasteiger partial charge on any atom is -0.337 e. The van der Waals surface area contributed by atoms with Gasteiger partial charge in [0.25, 0.3) is 5.91 Å². The monoisotopic (exact) mass is 330 g/mol. The summed E-state index contributed by atoms with van der Waals surface area (Å²) in [6.07, 6.45) is 9.47. The normalized spacial score (nSPS) is 24.0. The molecular formula is C19H30N4O. The van der Waals surface area contributed by atoms with E-state index in [-0.39, 0.29) is 5.91 Å². The maximum atomic E-state index is 13.0. The molecule has 0 spiro atoms. The van der Waals surface area contributed by atoms with E-state index < -0.39 is 0 Å². The highest BCUT2D eigenvalue weighted by molar-refractivity contribution is 5.94. The molecule has 1 N–H and O–H groups in total. The highest BCUT2D eigenvalue weighted by Gasteiger charge is 2.32. The number of carbonyl (C=O) groups excluding carboxylic acids is 1. The van der Waals surface area contributed by atoms with Crippen molar-refractivity contribution in [3.8, 4) is 0 Å². The van der Waals surface area contributed by atoms with Crippen LogP contribution in [0.1, 0.15) is 67.2 Å². The van der Waals surface area contributed by atoms with Crippen LogP contribution in [0.25, 0.3) is 0 Å². The summed E-state index contributed by atoms with van der Waals surface area (Å²) in [6, 6.07) is 0.514. The van der Waals surface area contributed by atoms with E-state index in [9.17, 15) is 4.79 Å². The van der Waals surface area contributed by atoms with E-state index in [0.29, 0.717) is 6.04 Å². The van der Waals surface area contributed by atoms with Crippen molar-refractivity contribution < 1.29 is 4.79 Å². The third-order valence-electron chi connectivity index (χ3n) is 5.88. The number of aryl methyl sites for hydroxylation is 1. The minimum absolute atomic E-state index is 0.168. The lowest BCUT2D eigenvalue weighted by Gasteiger charge is -2.27. The lowest BCUT2D eigenvalue weighted by Crippen LogP contribution is -2.38. The first kappa shape index (κ1) is 16.1. The summed E-state index contributed by atoms with van der Waals surface area (Å²) in [5.41, 5.74) is 3.28. The zero-order valence-corrected chi connectivity index (χ0v) is 14.9. The first-order chi connectivity index (χ1) is 11.8. The van der Waals surface area contributed by atoms with E-state index in [1.54, 1.807) is 0 Å². The third kappa shape index (κ3) is 3.23. The molecule has 132 valence electrons. The van der Waals surface area contributed by atoms with Crippen molar-refractivity contribution in [1.29, 1.82) is 0 Å². The Bertz CT molecular complexity index is 599. The Labute approximate surface area is 144 Å². The van der Waals surface area contributed by atoms with Gasteiger partial charge >= 0.3 is 0 Å². The quantitative estimate of drug-likeness (QED) is 0.902. The predicted octanol–water partition coefficient (Wildman–Crippen LogP) is 2.39. The molecule has 24 heavy (non-hydrogen) atoms. The fourth-order valence-electron chi connectivity index (χ4n) is 4.20. The molecular weight excluding hydrogens is 300 g/mol. The van der Waals surface area contributed by atoms with E-state index in [2.05, 4.69) is 16.9 Å². The van der Waals surface area contributed by atoms with Crippen LogP contribution in [-0.2, 0) is 19.4 Å². The van der Waals surface area contributed by atoms with Gasteiger partial charge in [-0.3, -0.25) is 9.48 Å². The summed E-state index contributed by atoms with van der Waals surface area (Å²) in [4.78, 5) is 15.0. The first-order valence-corrected chi connectivity index (χ1v) is 9.87. The zero-order valence-electron chi connectivity index (χ0n) is 14.9. The van der Waals surface area contributed by atoms with E-state index in [4.69, 9.17) is 5.10 Å². The third-order valence-corrected chi connectivity index (χ3v) is 5.88. The van der Waals surface area contributed by atoms with Gasteiger partial charge in [-0.25, -0.2) is 0 Å². The van der Waals surface area contributed by atoms with Gasteiger partial charge in [0, 0.05) is 36.9 Å². The Balaban J connectivity index is 1.53. The predicted molar refractivity (Wildman–Crippen MR) is 94.2 cm³/mol. The van der Waals surface area contributed by atoms with Gasteiger partial charge in [-0.05, 0) is 70.8 Å². The number of hydrogen-bond acceptors (Lipinski definition) is 3. The summed E-state index contributed by atoms with van der Waals surface area (Å²) in [7, 11) is 0. The van der Waals surface area contributed by atoms with Gasteiger partial charge in [0.1, 0.15) is 0 Å². The number of nitrogens with one attached hydrogen (secondary N) is 1. The standard InChI is InChI=1S/C19H30N4O/c1-2-23-17-9-8-15(20-13-14-6-7-14)12-16(17)18(21-23)19(24)22-10-4-3-5-11-22/h14-15,20H,2-13H2,1H3/t15-/m0/s1. The molecule has 0 aromatic carbocycles. The summed E-state index contributed by atoms with van der Waals surface area (Å²) in [5.74, 6) is 1.07. The molecule has 5 heteroatoms. The lowest BCUT2D eigenvalue weighted by atomic mass is 9.90. The molecule has 2 fully saturated rings. The number of rotatable bonds is 5. The van der Waals surface area contributed by atoms with Gasteiger partial charge in [-0.1, -0.05) is 0 Å². The highest BCUT2D eigenvalue weighted by atomic mass is 16.2. The van der Waals surface area contributed by atoms with Gasteiger partial charge < -0.3 is 10.2 Å². The highest BCUT2D eigenvalue weighted by Crippen LogP contribution is 2.30. The van der Waals surface area contributed by atoms with Gasteiger partial charge in [-0.15, -0.1) is 0 Å². The number of fused-ring (bicyclic) bond motifs is 1. The fraction of sp³-hybridized carbons (Fsp3) is 0.789. The van der Waals surface area contributed by atoms with Crippen molar-refractivity contribution in [2.45, 2.75) is 70.9 Å². The fourth-order valence-corrected chi connectivity index (χ4v) is 4.20. The van der Waals surface area contributed by atoms with Crippen molar-refractivity contribution in [1.82, 2.24) is 20.0 Å². The molecule has 4 rings (SSSR count). The summed E-state index contributed by atoms with van der Waals surface area (Å²) in [5, 5.41) is 8.46. The Morgan fingerprint density at radius 3 is 2.71 bits per heavy atom. The van der Waals surface area contributed by atoms with E-state index in [1.165, 1.54) is 36.9 Å². The maximum absolute atomic E-state index is 13.0. The van der Waals surface area contributed by atoms with Crippen molar-refractivity contribution in [3.05, 3.63) is 17.0 Å². The molecule has 1 aliphatic heterocycles. The molecule has 1 amide bonds. The Hall–Kier alpha value is -1.36. The maximum Gasteiger partial charge on any atom is 0.274 e. The largest absolute Gasteiger partial charge is 0.337 e. The van der Waals surface area contributed by atoms with Crippen LogP contribution in [0.2, 0.25) is 0 Å². The zero-order chi connectivity index (χ0) is 16.5. The Morgan fingerprint density at radius 2 is 2.00 bits per heavy atom. The van der Waals surface area contributed by atoms with Crippen LogP contribution in [0.3, 0.4) is 0 Å². The van der Waals surface area contributed by atoms with E-state index in [1.807, 2.05) is 4.90 Å². The van der Waals surface area contributed by atoms with Gasteiger partial charge in [0.05, 0.1) is 0 Å². The smallest absolute Gasteiger partial charge is 0.274 e. The summed E-state index contributed by atoms with van der Waals surface area (Å²) in [6.45, 7) is 5.93. The number of likely N-dealkylation sites (tertiary alicyclic amines) is 1. The van der Waals surface area contributed by atoms with E-state index >= 15 is 0 Å². The summed E-state index contributed by atoms with van der Waals surface area (Å²) >= 11 is 0. The molecule has 0 bridgehead atoms. The average molecular weight is 330 g/mol. The van der Waals surface area contributed by atoms with Crippen LogP contribution in [0.5, 0.6) is 0 Å². The second-order valence-electron chi connectivity index (χ2n) is 7.73. The van der Waals surface area contributed by atoms with Crippen LogP contribution >= 0.6 is 0 Å². The second-order valence-corrected chi connectivity index (χ2v) is 7.73. The van der Waals surface area contributed by atoms with Gasteiger partial charge in [0.2, 0.25) is 0 Å². The van der Waals surface area contributed by atoms with Crippen molar-refractivity contribution in [3.63, 3.8) is 0 Å². The molecule has 1 saturated heterocycles. The topological polar surface area (TPSA) is 50.2 Å². The van der Waals surface area contributed by atoms with Crippen LogP contribution in [0, 0.1) is 5.92 Å². The number of carbonyl (C=O) groups is 1. The Kier molecular flexibility index (Phi) is 4.61. The number of amides is 1. The average Bonchev–Trinajstić information content (AvgIpc) is 3.39. The summed E-state index contributed by atoms with van der Waals surface area (Å²) < 4.78 is 2.07. The van der Waals surface area contributed by atoms with Crippen LogP contribution in [0.4, 0.5) is 0 Å². The molecule has 1 atom stereocenters. The number of nitrogens with zero attached hydrogens (tertiary/aromatic N) is 3. The van der Waals surface area contributed by atoms with Crippen LogP contribution in [0.15, 0.2) is 0 Å². The number of piperidine rings is 1. The SMILES string of the molecule is CCn1nc(C(=O)N2CCCCC2)c2c1CC[C@H](NCC1CC1)C2. The first-order valence-electron chi connectivity index (χ1n) is 9.87. The molecule has 1 aromatic heterocycles. The van der Waals surface area contributed by atoms with Crippen molar-refractivity contribution in [2.24, 2.45) is 5.92 Å². The molecule has 5 nitrogen and oxygen atoms in total. The van der Waals surface area contributed by atoms with Crippen molar-refractivity contribution >= 4 is 5.91 Å². The lowest BCUT2D eigenvalue weighted by molar-refractivity contribution is 0.0716. The van der Waals surface area contributed by atoms with Crippen LogP contribution < -0.4 is 5.32 Å². The van der Waals surface area contributed by atoms with E-state index in [0.717, 1.165) is 63.5 Å². The molecule has 0 unspecified atom stereocenters. The minimum atomic E-state index is 0.168. The number of hydrogen-bond donors (Lipinski definition) is 1. The van der Waals surface area contributed by atoms with Gasteiger partial charge in [0.15, 0.2) is 5.69 Å².